The van der Waals surface area contributed by atoms with Crippen LogP contribution in [0, 0.1) is 35.1 Å². The van der Waals surface area contributed by atoms with Crippen molar-refractivity contribution in [2.24, 2.45) is 11.8 Å². The first kappa shape index (κ1) is 52.4. The number of imidazole rings is 2. The molecule has 0 unspecified atom stereocenters. The lowest BCUT2D eigenvalue weighted by Gasteiger charge is -2.37. The van der Waals surface area contributed by atoms with Crippen LogP contribution in [0.15, 0.2) is 36.4 Å². The first-order valence-corrected chi connectivity index (χ1v) is 27.2. The molecule has 18 nitrogen and oxygen atoms in total. The summed E-state index contributed by atoms with van der Waals surface area (Å²) in [6, 6.07) is 3.62. The number of likely N-dealkylation sites (N-methyl/N-ethyl adjacent to an activating group) is 2. The van der Waals surface area contributed by atoms with Crippen molar-refractivity contribution in [3.8, 4) is 0 Å². The molecular formula is C55H66F4N10O8. The third-order valence-electron chi connectivity index (χ3n) is 17.4. The number of hydrogen-bond acceptors (Lipinski definition) is 10. The fraction of sp³-hybridized carbons (Fsp3) is 0.564. The number of carbonyl (C=O) groups excluding carboxylic acids is 2. The van der Waals surface area contributed by atoms with E-state index in [9.17, 15) is 29.4 Å². The summed E-state index contributed by atoms with van der Waals surface area (Å²) in [5.74, 6) is -3.16. The molecule has 6 aliphatic heterocycles. The van der Waals surface area contributed by atoms with Crippen molar-refractivity contribution in [1.29, 1.82) is 0 Å². The monoisotopic (exact) mass is 1070 g/mol. The van der Waals surface area contributed by atoms with Gasteiger partial charge in [-0.05, 0) is 132 Å². The van der Waals surface area contributed by atoms with Gasteiger partial charge in [-0.15, -0.1) is 0 Å². The van der Waals surface area contributed by atoms with Gasteiger partial charge in [-0.25, -0.2) is 37.1 Å². The molecule has 6 fully saturated rings. The topological polar surface area (TPSA) is 204 Å². The Morgan fingerprint density at radius 2 is 0.987 bits per heavy atom. The van der Waals surface area contributed by atoms with Gasteiger partial charge in [0, 0.05) is 83.5 Å². The summed E-state index contributed by atoms with van der Waals surface area (Å²) < 4.78 is 78.0. The van der Waals surface area contributed by atoms with Crippen LogP contribution < -0.4 is 9.80 Å². The average Bonchev–Trinajstić information content (AvgIpc) is 4.38. The van der Waals surface area contributed by atoms with Crippen molar-refractivity contribution in [1.82, 2.24) is 39.5 Å². The lowest BCUT2D eigenvalue weighted by atomic mass is 9.89. The van der Waals surface area contributed by atoms with Crippen LogP contribution in [-0.2, 0) is 19.1 Å². The summed E-state index contributed by atoms with van der Waals surface area (Å²) >= 11 is 0. The number of hydrogen-bond donors (Lipinski definition) is 4. The Hall–Kier alpha value is -6.68. The number of H-pyrrole nitrogens is 2. The average molecular weight is 1070 g/mol. The number of rotatable bonds is 12. The zero-order valence-corrected chi connectivity index (χ0v) is 43.4. The molecule has 11 rings (SSSR count). The lowest BCUT2D eigenvalue weighted by Crippen LogP contribution is -2.53. The summed E-state index contributed by atoms with van der Waals surface area (Å²) in [6.07, 6.45) is 5.05. The number of piperidine rings is 1. The van der Waals surface area contributed by atoms with E-state index in [4.69, 9.17) is 19.4 Å². The molecule has 4 N–H and O–H groups in total. The minimum Gasteiger partial charge on any atom is -0.465 e. The van der Waals surface area contributed by atoms with Gasteiger partial charge >= 0.3 is 12.2 Å². The number of carbonyl (C=O) groups is 4. The van der Waals surface area contributed by atoms with Gasteiger partial charge in [0.2, 0.25) is 11.8 Å². The molecule has 6 saturated heterocycles. The molecule has 22 heteroatoms. The Labute approximate surface area is 442 Å². The van der Waals surface area contributed by atoms with Crippen LogP contribution in [0.5, 0.6) is 0 Å². The van der Waals surface area contributed by atoms with Crippen molar-refractivity contribution >= 4 is 57.4 Å². The van der Waals surface area contributed by atoms with E-state index < -0.39 is 71.7 Å². The van der Waals surface area contributed by atoms with Crippen LogP contribution in [0.3, 0.4) is 0 Å². The summed E-state index contributed by atoms with van der Waals surface area (Å²) in [6.45, 7) is 3.41. The maximum Gasteiger partial charge on any atom is 0.407 e. The Morgan fingerprint density at radius 3 is 1.40 bits per heavy atom. The van der Waals surface area contributed by atoms with Crippen molar-refractivity contribution in [3.63, 3.8) is 0 Å². The van der Waals surface area contributed by atoms with Crippen LogP contribution in [0.2, 0.25) is 0 Å². The summed E-state index contributed by atoms with van der Waals surface area (Å²) in [4.78, 5) is 78.6. The van der Waals surface area contributed by atoms with E-state index in [-0.39, 0.29) is 59.0 Å². The van der Waals surface area contributed by atoms with E-state index in [0.29, 0.717) is 138 Å². The molecule has 0 radical (unpaired) electrons. The number of halogens is 4. The first-order valence-electron chi connectivity index (χ1n) is 27.2. The third kappa shape index (κ3) is 9.88. The third-order valence-corrected chi connectivity index (χ3v) is 17.4. The highest BCUT2D eigenvalue weighted by Crippen LogP contribution is 2.50. The molecule has 0 saturated carbocycles. The fourth-order valence-electron chi connectivity index (χ4n) is 13.5. The summed E-state index contributed by atoms with van der Waals surface area (Å²) in [5, 5.41) is 20.1. The number of anilines is 2. The highest BCUT2D eigenvalue weighted by atomic mass is 19.1. The second kappa shape index (κ2) is 21.6. The molecule has 2 aromatic heterocycles. The number of aromatic amines is 2. The molecule has 0 spiro atoms. The molecule has 6 aliphatic rings. The van der Waals surface area contributed by atoms with Gasteiger partial charge < -0.3 is 49.3 Å². The normalized spacial score (nSPS) is 23.6. The number of aromatic nitrogens is 4. The van der Waals surface area contributed by atoms with Gasteiger partial charge in [0.15, 0.2) is 11.6 Å². The quantitative estimate of drug-likeness (QED) is 0.0864. The van der Waals surface area contributed by atoms with Gasteiger partial charge in [0.25, 0.3) is 0 Å². The Bertz CT molecular complexity index is 2860. The summed E-state index contributed by atoms with van der Waals surface area (Å²) in [5.41, 5.74) is 1.76. The van der Waals surface area contributed by atoms with E-state index in [1.54, 1.807) is 31.7 Å². The van der Waals surface area contributed by atoms with Gasteiger partial charge in [0.1, 0.15) is 41.1 Å². The molecule has 3 aromatic carbocycles. The smallest absolute Gasteiger partial charge is 0.407 e. The zero-order chi connectivity index (χ0) is 53.8. The molecule has 412 valence electrons. The van der Waals surface area contributed by atoms with Crippen LogP contribution in [-0.4, -0.2) is 153 Å². The second-order valence-corrected chi connectivity index (χ2v) is 21.8. The van der Waals surface area contributed by atoms with Crippen molar-refractivity contribution in [2.75, 3.05) is 76.5 Å². The van der Waals surface area contributed by atoms with E-state index in [1.807, 2.05) is 0 Å². The highest BCUT2D eigenvalue weighted by molar-refractivity contribution is 5.87. The number of likely N-dealkylation sites (tertiary alicyclic amines) is 2. The lowest BCUT2D eigenvalue weighted by molar-refractivity contribution is -0.141. The minimum absolute atomic E-state index is 0.0914. The molecule has 77 heavy (non-hydrogen) atoms. The molecule has 4 amide bonds. The molecule has 0 bridgehead atoms. The van der Waals surface area contributed by atoms with Gasteiger partial charge in [-0.2, -0.15) is 0 Å². The van der Waals surface area contributed by atoms with Crippen molar-refractivity contribution < 1.29 is 56.4 Å². The predicted molar refractivity (Wildman–Crippen MR) is 275 cm³/mol. The van der Waals surface area contributed by atoms with Gasteiger partial charge in [-0.1, -0.05) is 0 Å². The molecule has 6 atom stereocenters. The zero-order valence-electron chi connectivity index (χ0n) is 43.4. The van der Waals surface area contributed by atoms with Crippen LogP contribution >= 0.6 is 0 Å². The van der Waals surface area contributed by atoms with E-state index in [0.717, 1.165) is 29.1 Å². The molecule has 0 aliphatic carbocycles. The summed E-state index contributed by atoms with van der Waals surface area (Å²) in [7, 11) is 2.82. The number of benzene rings is 3. The maximum atomic E-state index is 17.0. The van der Waals surface area contributed by atoms with E-state index in [1.165, 1.54) is 38.4 Å². The maximum absolute atomic E-state index is 17.0. The highest BCUT2D eigenvalue weighted by Gasteiger charge is 2.45. The number of carboxylic acid groups (broad SMARTS) is 2. The number of ether oxygens (including phenoxy) is 2. The van der Waals surface area contributed by atoms with Crippen LogP contribution in [0.4, 0.5) is 38.5 Å². The van der Waals surface area contributed by atoms with Crippen molar-refractivity contribution in [2.45, 2.75) is 120 Å². The molecular weight excluding hydrogens is 1000 g/mol. The second-order valence-electron chi connectivity index (χ2n) is 21.8. The predicted octanol–water partition coefficient (Wildman–Crippen LogP) is 9.21. The number of nitrogens with zero attached hydrogens (tertiary/aromatic N) is 8. The van der Waals surface area contributed by atoms with Gasteiger partial charge in [-0.3, -0.25) is 19.4 Å². The van der Waals surface area contributed by atoms with Crippen LogP contribution in [0.1, 0.15) is 130 Å². The SMILES string of the molecule is CN(C(=O)O)[C@H](C(=O)N1CCC[C@H]1c1nc2cc([C@H]3CC[C@H](c4cc5nc([C@@H]6CCCN6C(=O)[C@H](C6CCOCC6)N(C)C(=O)O)[nH]c5cc4F)N3c3cc(F)c(N4CCCCC4)c(F)c3)c(F)cc2[nH]1)C1CCOCC1. The molecule has 8 heterocycles. The number of nitrogens with one attached hydrogen (secondary N) is 2. The first-order chi connectivity index (χ1) is 37.2. The standard InChI is InChI=1S/C55H66F4N10O8/c1-64(54(72)73)47(30-12-20-76-21-13-30)52(70)67-18-6-8-45(67)50-60-39-26-33(35(56)28-41(39)62-50)43-10-11-44(69(43)32-24-37(58)49(38(59)25-32)66-16-4-3-5-17-66)34-27-40-42(29-36(34)57)63-51(61-40)46-9-7-19-68(46)53(71)48(65(2)55(74)75)31-14-22-77-23-15-31/h24-31,43-48H,3-23H2,1-2H3,(H,60,62)(H,61,63)(H,72,73)(H,74,75)/t43-,44-,45+,46+,47+,48+/m1/s1. The van der Waals surface area contributed by atoms with Crippen molar-refractivity contribution in [3.05, 3.63) is 82.4 Å². The molecule has 5 aromatic rings. The Kier molecular flexibility index (Phi) is 14.7. The Balaban J connectivity index is 0.929. The number of fused-ring (bicyclic) bond motifs is 2. The van der Waals surface area contributed by atoms with E-state index in [2.05, 4.69) is 9.97 Å². The van der Waals surface area contributed by atoms with Gasteiger partial charge in [0.05, 0.1) is 46.2 Å². The largest absolute Gasteiger partial charge is 0.465 e. The minimum atomic E-state index is -1.22. The van der Waals surface area contributed by atoms with Crippen LogP contribution in [0.25, 0.3) is 22.1 Å². The number of amides is 4. The fourth-order valence-corrected chi connectivity index (χ4v) is 13.5. The Morgan fingerprint density at radius 1 is 0.558 bits per heavy atom. The van der Waals surface area contributed by atoms with E-state index >= 15 is 17.6 Å².